The van der Waals surface area contributed by atoms with Crippen molar-refractivity contribution >= 4 is 28.9 Å². The summed E-state index contributed by atoms with van der Waals surface area (Å²) in [5.41, 5.74) is 7.92. The highest BCUT2D eigenvalue weighted by Gasteiger charge is 2.06. The lowest BCUT2D eigenvalue weighted by atomic mass is 10.2. The molecule has 2 aromatic carbocycles. The zero-order valence-corrected chi connectivity index (χ0v) is 11.8. The van der Waals surface area contributed by atoms with Crippen LogP contribution in [0.1, 0.15) is 5.56 Å². The maximum Gasteiger partial charge on any atom is 0.262 e. The molecule has 0 spiro atoms. The molecule has 1 amide bonds. The van der Waals surface area contributed by atoms with Crippen molar-refractivity contribution in [1.82, 2.24) is 0 Å². The second-order valence-electron chi connectivity index (χ2n) is 4.37. The normalized spacial score (nSPS) is 10.1. The lowest BCUT2D eigenvalue weighted by Gasteiger charge is -2.10. The number of rotatable bonds is 4. The molecule has 0 unspecified atom stereocenters. The van der Waals surface area contributed by atoms with Crippen molar-refractivity contribution in [2.45, 2.75) is 6.92 Å². The first-order valence-electron chi connectivity index (χ1n) is 6.09. The molecule has 5 heteroatoms. The Morgan fingerprint density at radius 2 is 1.95 bits per heavy atom. The number of halogens is 1. The van der Waals surface area contributed by atoms with Crippen LogP contribution in [-0.2, 0) is 4.79 Å². The Balaban J connectivity index is 1.92. The van der Waals surface area contributed by atoms with Crippen LogP contribution in [0.15, 0.2) is 42.5 Å². The number of benzene rings is 2. The van der Waals surface area contributed by atoms with E-state index in [0.717, 1.165) is 5.56 Å². The zero-order valence-electron chi connectivity index (χ0n) is 11.0. The van der Waals surface area contributed by atoms with Gasteiger partial charge in [-0.05, 0) is 48.9 Å². The minimum Gasteiger partial charge on any atom is -0.484 e. The molecule has 0 saturated carbocycles. The Kier molecular flexibility index (Phi) is 4.48. The van der Waals surface area contributed by atoms with Crippen LogP contribution < -0.4 is 15.8 Å². The first kappa shape index (κ1) is 14.2. The maximum absolute atomic E-state index is 11.8. The van der Waals surface area contributed by atoms with Gasteiger partial charge in [-0.1, -0.05) is 17.7 Å². The summed E-state index contributed by atoms with van der Waals surface area (Å²) in [5.74, 6) is 0.350. The van der Waals surface area contributed by atoms with Crippen molar-refractivity contribution in [2.24, 2.45) is 0 Å². The van der Waals surface area contributed by atoms with E-state index >= 15 is 0 Å². The number of nitrogens with two attached hydrogens (primary N) is 1. The van der Waals surface area contributed by atoms with Crippen molar-refractivity contribution in [1.29, 1.82) is 0 Å². The third kappa shape index (κ3) is 3.90. The van der Waals surface area contributed by atoms with Gasteiger partial charge < -0.3 is 15.8 Å². The summed E-state index contributed by atoms with van der Waals surface area (Å²) in [6.45, 7) is 1.82. The summed E-state index contributed by atoms with van der Waals surface area (Å²) in [7, 11) is 0. The van der Waals surface area contributed by atoms with E-state index in [-0.39, 0.29) is 12.5 Å². The number of nitrogen functional groups attached to an aromatic ring is 1. The number of hydrogen-bond donors (Lipinski definition) is 2. The van der Waals surface area contributed by atoms with Gasteiger partial charge in [-0.3, -0.25) is 4.79 Å². The quantitative estimate of drug-likeness (QED) is 0.850. The smallest absolute Gasteiger partial charge is 0.262 e. The largest absolute Gasteiger partial charge is 0.484 e. The fourth-order valence-corrected chi connectivity index (χ4v) is 1.77. The van der Waals surface area contributed by atoms with Gasteiger partial charge in [-0.15, -0.1) is 0 Å². The summed E-state index contributed by atoms with van der Waals surface area (Å²) < 4.78 is 5.36. The second-order valence-corrected chi connectivity index (χ2v) is 4.80. The Morgan fingerprint density at radius 1 is 1.25 bits per heavy atom. The number of carbonyl (C=O) groups excluding carboxylic acids is 1. The maximum atomic E-state index is 11.8. The van der Waals surface area contributed by atoms with Crippen molar-refractivity contribution in [2.75, 3.05) is 17.7 Å². The fraction of sp³-hybridized carbons (Fsp3) is 0.133. The topological polar surface area (TPSA) is 64.3 Å². The van der Waals surface area contributed by atoms with Crippen LogP contribution in [-0.4, -0.2) is 12.5 Å². The summed E-state index contributed by atoms with van der Waals surface area (Å²) in [5, 5.41) is 3.39. The molecular weight excluding hydrogens is 276 g/mol. The Labute approximate surface area is 122 Å². The number of aryl methyl sites for hydroxylation is 1. The highest BCUT2D eigenvalue weighted by atomic mass is 35.5. The van der Waals surface area contributed by atoms with Crippen LogP contribution in [0.2, 0.25) is 5.02 Å². The SMILES string of the molecule is Cc1ccc(N)cc1NC(=O)COc1ccc(Cl)cc1. The summed E-state index contributed by atoms with van der Waals surface area (Å²) in [4.78, 5) is 11.8. The average Bonchev–Trinajstić information content (AvgIpc) is 2.42. The van der Waals surface area contributed by atoms with Crippen molar-refractivity contribution in [3.05, 3.63) is 53.1 Å². The molecule has 3 N–H and O–H groups in total. The fourth-order valence-electron chi connectivity index (χ4n) is 1.64. The molecule has 0 heterocycles. The summed E-state index contributed by atoms with van der Waals surface area (Å²) >= 11 is 5.77. The molecule has 0 aliphatic heterocycles. The minimum atomic E-state index is -0.242. The van der Waals surface area contributed by atoms with Gasteiger partial charge in [0, 0.05) is 16.4 Å². The number of anilines is 2. The summed E-state index contributed by atoms with van der Waals surface area (Å²) in [6, 6.07) is 12.2. The standard InChI is InChI=1S/C15H15ClN2O2/c1-10-2-5-12(17)8-14(10)18-15(19)9-20-13-6-3-11(16)4-7-13/h2-8H,9,17H2,1H3,(H,18,19). The van der Waals surface area contributed by atoms with Gasteiger partial charge in [0.2, 0.25) is 0 Å². The molecule has 0 radical (unpaired) electrons. The average molecular weight is 291 g/mol. The minimum absolute atomic E-state index is 0.0735. The second kappa shape index (κ2) is 6.30. The molecule has 0 saturated heterocycles. The number of amides is 1. The third-order valence-electron chi connectivity index (χ3n) is 2.72. The van der Waals surface area contributed by atoms with E-state index in [1.807, 2.05) is 13.0 Å². The Bertz CT molecular complexity index is 612. The van der Waals surface area contributed by atoms with Gasteiger partial charge in [0.05, 0.1) is 0 Å². The van der Waals surface area contributed by atoms with Crippen molar-refractivity contribution in [3.63, 3.8) is 0 Å². The molecule has 104 valence electrons. The first-order valence-corrected chi connectivity index (χ1v) is 6.47. The van der Waals surface area contributed by atoms with E-state index < -0.39 is 0 Å². The number of hydrogen-bond acceptors (Lipinski definition) is 3. The molecule has 4 nitrogen and oxygen atoms in total. The predicted molar refractivity (Wildman–Crippen MR) is 81.2 cm³/mol. The van der Waals surface area contributed by atoms with Crippen LogP contribution in [0.5, 0.6) is 5.75 Å². The highest BCUT2D eigenvalue weighted by molar-refractivity contribution is 6.30. The molecule has 2 aromatic rings. The van der Waals surface area contributed by atoms with Crippen LogP contribution in [0.4, 0.5) is 11.4 Å². The van der Waals surface area contributed by atoms with Crippen LogP contribution >= 0.6 is 11.6 Å². The molecule has 20 heavy (non-hydrogen) atoms. The molecule has 0 aromatic heterocycles. The lowest BCUT2D eigenvalue weighted by molar-refractivity contribution is -0.118. The van der Waals surface area contributed by atoms with Gasteiger partial charge in [0.1, 0.15) is 5.75 Å². The predicted octanol–water partition coefficient (Wildman–Crippen LogP) is 3.25. The zero-order chi connectivity index (χ0) is 14.5. The van der Waals surface area contributed by atoms with E-state index in [1.165, 1.54) is 0 Å². The van der Waals surface area contributed by atoms with Gasteiger partial charge in [-0.25, -0.2) is 0 Å². The highest BCUT2D eigenvalue weighted by Crippen LogP contribution is 2.18. The van der Waals surface area contributed by atoms with Gasteiger partial charge in [-0.2, -0.15) is 0 Å². The first-order chi connectivity index (χ1) is 9.54. The molecule has 0 atom stereocenters. The molecular formula is C15H15ClN2O2. The summed E-state index contributed by atoms with van der Waals surface area (Å²) in [6.07, 6.45) is 0. The van der Waals surface area contributed by atoms with Crippen molar-refractivity contribution in [3.8, 4) is 5.75 Å². The van der Waals surface area contributed by atoms with E-state index in [1.54, 1.807) is 36.4 Å². The molecule has 0 fully saturated rings. The molecule has 0 aliphatic carbocycles. The van der Waals surface area contributed by atoms with E-state index in [2.05, 4.69) is 5.32 Å². The third-order valence-corrected chi connectivity index (χ3v) is 2.97. The number of nitrogens with one attached hydrogen (secondary N) is 1. The Morgan fingerprint density at radius 3 is 2.65 bits per heavy atom. The number of carbonyl (C=O) groups is 1. The van der Waals surface area contributed by atoms with Crippen LogP contribution in [0, 0.1) is 6.92 Å². The van der Waals surface area contributed by atoms with E-state index in [0.29, 0.717) is 22.1 Å². The Hall–Kier alpha value is -2.20. The van der Waals surface area contributed by atoms with Gasteiger partial charge in [0.25, 0.3) is 5.91 Å². The van der Waals surface area contributed by atoms with Crippen LogP contribution in [0.25, 0.3) is 0 Å². The van der Waals surface area contributed by atoms with Gasteiger partial charge >= 0.3 is 0 Å². The monoisotopic (exact) mass is 290 g/mol. The molecule has 2 rings (SSSR count). The lowest BCUT2D eigenvalue weighted by Crippen LogP contribution is -2.20. The van der Waals surface area contributed by atoms with Gasteiger partial charge in [0.15, 0.2) is 6.61 Å². The molecule has 0 aliphatic rings. The number of ether oxygens (including phenoxy) is 1. The van der Waals surface area contributed by atoms with E-state index in [4.69, 9.17) is 22.1 Å². The molecule has 0 bridgehead atoms. The van der Waals surface area contributed by atoms with Crippen LogP contribution in [0.3, 0.4) is 0 Å². The van der Waals surface area contributed by atoms with Crippen molar-refractivity contribution < 1.29 is 9.53 Å². The van der Waals surface area contributed by atoms with E-state index in [9.17, 15) is 4.79 Å².